The van der Waals surface area contributed by atoms with E-state index in [1.807, 2.05) is 6.92 Å². The molecule has 1 fully saturated rings. The minimum absolute atomic E-state index is 0.0503. The van der Waals surface area contributed by atoms with Crippen LogP contribution in [-0.2, 0) is 17.8 Å². The van der Waals surface area contributed by atoms with Gasteiger partial charge in [-0.2, -0.15) is 0 Å². The molecule has 5 rings (SSSR count). The number of nitrogens with zero attached hydrogens (tertiary/aromatic N) is 4. The van der Waals surface area contributed by atoms with Crippen molar-refractivity contribution in [1.82, 2.24) is 15.0 Å². The van der Waals surface area contributed by atoms with Crippen molar-refractivity contribution in [3.63, 3.8) is 0 Å². The van der Waals surface area contributed by atoms with Crippen LogP contribution in [0.5, 0.6) is 0 Å². The molecule has 0 radical (unpaired) electrons. The SMILES string of the molecule is C[C@H](CO)Nc1ncnc2c1sc1nc(N3CCCC3)c3c(c12)CC(C)(C)OC3. The van der Waals surface area contributed by atoms with E-state index in [1.54, 1.807) is 17.7 Å². The summed E-state index contributed by atoms with van der Waals surface area (Å²) in [6.45, 7) is 8.99. The van der Waals surface area contributed by atoms with E-state index in [4.69, 9.17) is 9.72 Å². The van der Waals surface area contributed by atoms with E-state index in [-0.39, 0.29) is 18.2 Å². The number of hydrogen-bond donors (Lipinski definition) is 2. The molecule has 2 aliphatic heterocycles. The lowest BCUT2D eigenvalue weighted by molar-refractivity contribution is -0.0395. The van der Waals surface area contributed by atoms with Gasteiger partial charge in [0.2, 0.25) is 0 Å². The van der Waals surface area contributed by atoms with Crippen molar-refractivity contribution < 1.29 is 9.84 Å². The molecule has 0 amide bonds. The molecule has 0 bridgehead atoms. The van der Waals surface area contributed by atoms with Gasteiger partial charge in [0, 0.05) is 36.5 Å². The summed E-state index contributed by atoms with van der Waals surface area (Å²) >= 11 is 1.64. The van der Waals surface area contributed by atoms with Crippen LogP contribution in [0.15, 0.2) is 6.33 Å². The van der Waals surface area contributed by atoms with Gasteiger partial charge < -0.3 is 20.1 Å². The van der Waals surface area contributed by atoms with E-state index in [0.717, 1.165) is 51.6 Å². The standard InChI is InChI=1S/C21H27N5O2S/c1-12(9-27)24-18-17-16(22-11-23-18)15-13-8-21(2,3)28-10-14(13)19(25-20(15)29-17)26-6-4-5-7-26/h11-12,27H,4-10H2,1-3H3,(H,22,23,24)/t12-/m1/s1. The van der Waals surface area contributed by atoms with Gasteiger partial charge in [0.25, 0.3) is 0 Å². The van der Waals surface area contributed by atoms with Crippen LogP contribution in [0.2, 0.25) is 0 Å². The number of thiophene rings is 1. The molecule has 29 heavy (non-hydrogen) atoms. The largest absolute Gasteiger partial charge is 0.394 e. The monoisotopic (exact) mass is 413 g/mol. The first-order valence-electron chi connectivity index (χ1n) is 10.3. The van der Waals surface area contributed by atoms with Crippen molar-refractivity contribution in [2.24, 2.45) is 0 Å². The van der Waals surface area contributed by atoms with E-state index in [9.17, 15) is 5.11 Å². The summed E-state index contributed by atoms with van der Waals surface area (Å²) in [4.78, 5) is 17.6. The summed E-state index contributed by atoms with van der Waals surface area (Å²) < 4.78 is 7.18. The van der Waals surface area contributed by atoms with Crippen LogP contribution in [-0.4, -0.2) is 51.4 Å². The van der Waals surface area contributed by atoms with Crippen molar-refractivity contribution >= 4 is 43.4 Å². The van der Waals surface area contributed by atoms with Crippen molar-refractivity contribution in [3.8, 4) is 0 Å². The fourth-order valence-electron chi connectivity index (χ4n) is 4.36. The van der Waals surface area contributed by atoms with Gasteiger partial charge >= 0.3 is 0 Å². The molecule has 0 unspecified atom stereocenters. The van der Waals surface area contributed by atoms with Crippen LogP contribution in [0.25, 0.3) is 20.4 Å². The van der Waals surface area contributed by atoms with Crippen LogP contribution in [0.1, 0.15) is 44.7 Å². The second-order valence-electron chi connectivity index (χ2n) is 8.72. The zero-order valence-electron chi connectivity index (χ0n) is 17.2. The second kappa shape index (κ2) is 7.04. The molecule has 154 valence electrons. The number of ether oxygens (including phenoxy) is 1. The summed E-state index contributed by atoms with van der Waals surface area (Å²) in [5.74, 6) is 1.85. The van der Waals surface area contributed by atoms with E-state index >= 15 is 0 Å². The van der Waals surface area contributed by atoms with Crippen LogP contribution in [0.4, 0.5) is 11.6 Å². The maximum atomic E-state index is 9.45. The molecular formula is C21H27N5O2S. The summed E-state index contributed by atoms with van der Waals surface area (Å²) in [7, 11) is 0. The average molecular weight is 414 g/mol. The van der Waals surface area contributed by atoms with Crippen molar-refractivity contribution in [2.45, 2.75) is 58.3 Å². The molecular weight excluding hydrogens is 386 g/mol. The third-order valence-corrected chi connectivity index (χ3v) is 6.95. The van der Waals surface area contributed by atoms with E-state index in [2.05, 4.69) is 34.0 Å². The van der Waals surface area contributed by atoms with Crippen LogP contribution in [0.3, 0.4) is 0 Å². The lowest BCUT2D eigenvalue weighted by Crippen LogP contribution is -2.33. The molecule has 2 aliphatic rings. The predicted molar refractivity (Wildman–Crippen MR) is 117 cm³/mol. The lowest BCUT2D eigenvalue weighted by Gasteiger charge is -2.34. The van der Waals surface area contributed by atoms with Gasteiger partial charge in [-0.15, -0.1) is 11.3 Å². The van der Waals surface area contributed by atoms with E-state index in [0.29, 0.717) is 6.61 Å². The Kier molecular flexibility index (Phi) is 4.60. The molecule has 1 atom stereocenters. The van der Waals surface area contributed by atoms with E-state index < -0.39 is 0 Å². The van der Waals surface area contributed by atoms with Gasteiger partial charge in [0.1, 0.15) is 22.8 Å². The minimum Gasteiger partial charge on any atom is -0.394 e. The molecule has 3 aromatic rings. The Morgan fingerprint density at radius 3 is 2.83 bits per heavy atom. The van der Waals surface area contributed by atoms with Gasteiger partial charge in [-0.05, 0) is 39.2 Å². The summed E-state index contributed by atoms with van der Waals surface area (Å²) in [5.41, 5.74) is 3.27. The smallest absolute Gasteiger partial charge is 0.147 e. The van der Waals surface area contributed by atoms with E-state index in [1.165, 1.54) is 24.0 Å². The number of aliphatic hydroxyl groups is 1. The van der Waals surface area contributed by atoms with Gasteiger partial charge in [-0.25, -0.2) is 15.0 Å². The predicted octanol–water partition coefficient (Wildman–Crippen LogP) is 3.48. The first kappa shape index (κ1) is 19.0. The average Bonchev–Trinajstić information content (AvgIpc) is 3.34. The Balaban J connectivity index is 1.76. The Morgan fingerprint density at radius 2 is 2.07 bits per heavy atom. The maximum Gasteiger partial charge on any atom is 0.147 e. The molecule has 0 saturated carbocycles. The fourth-order valence-corrected chi connectivity index (χ4v) is 5.47. The first-order valence-corrected chi connectivity index (χ1v) is 11.1. The number of aliphatic hydroxyl groups excluding tert-OH is 1. The highest BCUT2D eigenvalue weighted by Crippen LogP contribution is 2.44. The number of nitrogens with one attached hydrogen (secondary N) is 1. The molecule has 0 spiro atoms. The number of hydrogen-bond acceptors (Lipinski definition) is 8. The Bertz CT molecular complexity index is 1070. The number of rotatable bonds is 4. The Labute approximate surface area is 174 Å². The maximum absolute atomic E-state index is 9.45. The molecule has 0 aliphatic carbocycles. The zero-order chi connectivity index (χ0) is 20.2. The van der Waals surface area contributed by atoms with Crippen molar-refractivity contribution in [1.29, 1.82) is 0 Å². The first-order chi connectivity index (χ1) is 14.0. The molecule has 7 nitrogen and oxygen atoms in total. The Hall–Kier alpha value is -2.03. The highest BCUT2D eigenvalue weighted by molar-refractivity contribution is 7.26. The van der Waals surface area contributed by atoms with Gasteiger partial charge in [0.05, 0.1) is 29.0 Å². The highest BCUT2D eigenvalue weighted by Gasteiger charge is 2.33. The van der Waals surface area contributed by atoms with Gasteiger partial charge in [0.15, 0.2) is 0 Å². The van der Waals surface area contributed by atoms with Gasteiger partial charge in [-0.3, -0.25) is 0 Å². The number of pyridine rings is 1. The molecule has 2 N–H and O–H groups in total. The summed E-state index contributed by atoms with van der Waals surface area (Å²) in [6.07, 6.45) is 4.87. The summed E-state index contributed by atoms with van der Waals surface area (Å²) in [6, 6.07) is -0.0762. The minimum atomic E-state index is -0.211. The van der Waals surface area contributed by atoms with Crippen molar-refractivity contribution in [3.05, 3.63) is 17.5 Å². The molecule has 8 heteroatoms. The molecule has 5 heterocycles. The quantitative estimate of drug-likeness (QED) is 0.677. The van der Waals surface area contributed by atoms with Crippen molar-refractivity contribution in [2.75, 3.05) is 29.9 Å². The number of anilines is 2. The molecule has 1 saturated heterocycles. The van der Waals surface area contributed by atoms with Gasteiger partial charge in [-0.1, -0.05) is 0 Å². The normalized spacial score (nSPS) is 19.7. The second-order valence-corrected chi connectivity index (χ2v) is 9.72. The third-order valence-electron chi connectivity index (χ3n) is 5.87. The topological polar surface area (TPSA) is 83.4 Å². The molecule has 0 aromatic carbocycles. The lowest BCUT2D eigenvalue weighted by atomic mass is 9.90. The Morgan fingerprint density at radius 1 is 1.28 bits per heavy atom. The van der Waals surface area contributed by atoms with Crippen LogP contribution < -0.4 is 10.2 Å². The number of aromatic nitrogens is 3. The highest BCUT2D eigenvalue weighted by atomic mass is 32.1. The summed E-state index contributed by atoms with van der Waals surface area (Å²) in [5, 5.41) is 13.9. The third kappa shape index (κ3) is 3.23. The number of fused-ring (bicyclic) bond motifs is 5. The van der Waals surface area contributed by atoms with Crippen LogP contribution in [0, 0.1) is 0 Å². The van der Waals surface area contributed by atoms with Crippen LogP contribution >= 0.6 is 11.3 Å². The fraction of sp³-hybridized carbons (Fsp3) is 0.571. The molecule has 3 aromatic heterocycles. The zero-order valence-corrected chi connectivity index (χ0v) is 18.0.